The number of carbonyl (C=O) groups is 1. The second kappa shape index (κ2) is 8.38. The van der Waals surface area contributed by atoms with Crippen LogP contribution in [0.5, 0.6) is 0 Å². The molecule has 0 radical (unpaired) electrons. The Kier molecular flexibility index (Phi) is 6.21. The van der Waals surface area contributed by atoms with E-state index >= 15 is 0 Å². The van der Waals surface area contributed by atoms with E-state index in [-0.39, 0.29) is 5.91 Å². The molecule has 2 aliphatic heterocycles. The summed E-state index contributed by atoms with van der Waals surface area (Å²) in [6.07, 6.45) is 5.51. The predicted octanol–water partition coefficient (Wildman–Crippen LogP) is 2.08. The molecule has 2 fully saturated rings. The van der Waals surface area contributed by atoms with Crippen molar-refractivity contribution in [3.8, 4) is 0 Å². The normalized spacial score (nSPS) is 21.5. The number of nitrogens with one attached hydrogen (secondary N) is 2. The van der Waals surface area contributed by atoms with Gasteiger partial charge in [-0.05, 0) is 51.9 Å². The van der Waals surface area contributed by atoms with Crippen molar-refractivity contribution in [1.82, 2.24) is 15.2 Å². The third-order valence-corrected chi connectivity index (χ3v) is 5.88. The van der Waals surface area contributed by atoms with Gasteiger partial charge in [-0.25, -0.2) is 4.98 Å². The molecular weight excluding hydrogens is 324 g/mol. The fourth-order valence-corrected chi connectivity index (χ4v) is 4.33. The van der Waals surface area contributed by atoms with Crippen molar-refractivity contribution in [2.75, 3.05) is 45.2 Å². The smallest absolute Gasteiger partial charge is 0.234 e. The van der Waals surface area contributed by atoms with Gasteiger partial charge in [-0.3, -0.25) is 9.69 Å². The highest BCUT2D eigenvalue weighted by Gasteiger charge is 2.40. The van der Waals surface area contributed by atoms with E-state index in [1.165, 1.54) is 30.6 Å². The minimum atomic E-state index is -0.432. The van der Waals surface area contributed by atoms with E-state index in [4.69, 9.17) is 4.74 Å². The molecule has 0 unspecified atom stereocenters. The number of hydrogen-bond acceptors (Lipinski definition) is 6. The van der Waals surface area contributed by atoms with Gasteiger partial charge in [-0.1, -0.05) is 6.42 Å². The van der Waals surface area contributed by atoms with Crippen molar-refractivity contribution in [2.45, 2.75) is 38.6 Å². The Morgan fingerprint density at radius 3 is 2.83 bits per heavy atom. The standard InChI is InChI=1S/C17H28N4O2S/c1-23-13-17(5-7-18-8-6-17)15(22)20-16-19-14(12-24-16)11-21-9-3-2-4-10-21/h12,18H,2-11,13H2,1H3,(H,19,20,22). The number of aromatic nitrogens is 1. The fraction of sp³-hybridized carbons (Fsp3) is 0.765. The molecule has 0 spiro atoms. The maximum atomic E-state index is 12.8. The molecule has 7 heteroatoms. The molecule has 2 N–H and O–H groups in total. The summed E-state index contributed by atoms with van der Waals surface area (Å²) in [7, 11) is 1.66. The third kappa shape index (κ3) is 4.33. The zero-order valence-electron chi connectivity index (χ0n) is 14.5. The minimum Gasteiger partial charge on any atom is -0.384 e. The number of carbonyl (C=O) groups excluding carboxylic acids is 1. The van der Waals surface area contributed by atoms with Crippen molar-refractivity contribution in [3.05, 3.63) is 11.1 Å². The number of thiazole rings is 1. The van der Waals surface area contributed by atoms with Crippen LogP contribution < -0.4 is 10.6 Å². The number of hydrogen-bond donors (Lipinski definition) is 2. The van der Waals surface area contributed by atoms with Crippen molar-refractivity contribution >= 4 is 22.4 Å². The van der Waals surface area contributed by atoms with Crippen molar-refractivity contribution < 1.29 is 9.53 Å². The summed E-state index contributed by atoms with van der Waals surface area (Å²) >= 11 is 1.52. The van der Waals surface area contributed by atoms with Crippen molar-refractivity contribution in [2.24, 2.45) is 5.41 Å². The number of nitrogens with zero attached hydrogens (tertiary/aromatic N) is 2. The first-order valence-corrected chi connectivity index (χ1v) is 9.78. The lowest BCUT2D eigenvalue weighted by Gasteiger charge is -2.35. The number of methoxy groups -OCH3 is 1. The molecule has 0 atom stereocenters. The van der Waals surface area contributed by atoms with Crippen LogP contribution in [0.3, 0.4) is 0 Å². The summed E-state index contributed by atoms with van der Waals surface area (Å²) in [6, 6.07) is 0. The Morgan fingerprint density at radius 1 is 1.38 bits per heavy atom. The summed E-state index contributed by atoms with van der Waals surface area (Å²) in [5.41, 5.74) is 0.627. The van der Waals surface area contributed by atoms with Gasteiger partial charge in [0, 0.05) is 19.0 Å². The van der Waals surface area contributed by atoms with E-state index in [9.17, 15) is 4.79 Å². The van der Waals surface area contributed by atoms with E-state index in [2.05, 4.69) is 25.9 Å². The van der Waals surface area contributed by atoms with Crippen LogP contribution in [0.25, 0.3) is 0 Å². The average Bonchev–Trinajstić information content (AvgIpc) is 3.04. The zero-order valence-corrected chi connectivity index (χ0v) is 15.3. The Labute approximate surface area is 148 Å². The molecule has 0 bridgehead atoms. The maximum Gasteiger partial charge on any atom is 0.234 e. The molecule has 0 aliphatic carbocycles. The van der Waals surface area contributed by atoms with Crippen LogP contribution in [0.2, 0.25) is 0 Å². The molecule has 2 aliphatic rings. The lowest BCUT2D eigenvalue weighted by atomic mass is 9.79. The van der Waals surface area contributed by atoms with Crippen LogP contribution >= 0.6 is 11.3 Å². The first-order chi connectivity index (χ1) is 11.7. The lowest BCUT2D eigenvalue weighted by molar-refractivity contribution is -0.130. The van der Waals surface area contributed by atoms with Crippen LogP contribution in [-0.2, 0) is 16.1 Å². The second-order valence-electron chi connectivity index (χ2n) is 6.90. The first-order valence-electron chi connectivity index (χ1n) is 8.90. The Bertz CT molecular complexity index is 531. The van der Waals surface area contributed by atoms with E-state index in [0.29, 0.717) is 11.7 Å². The van der Waals surface area contributed by atoms with E-state index in [1.54, 1.807) is 7.11 Å². The van der Waals surface area contributed by atoms with Gasteiger partial charge in [0.1, 0.15) is 0 Å². The number of anilines is 1. The van der Waals surface area contributed by atoms with Crippen LogP contribution in [0.15, 0.2) is 5.38 Å². The van der Waals surface area contributed by atoms with Gasteiger partial charge >= 0.3 is 0 Å². The quantitative estimate of drug-likeness (QED) is 0.821. The summed E-state index contributed by atoms with van der Waals surface area (Å²) in [4.78, 5) is 19.9. The summed E-state index contributed by atoms with van der Waals surface area (Å²) < 4.78 is 5.34. The number of ether oxygens (including phenoxy) is 1. The third-order valence-electron chi connectivity index (χ3n) is 5.07. The fourth-order valence-electron chi connectivity index (χ4n) is 3.63. The van der Waals surface area contributed by atoms with Gasteiger partial charge in [0.2, 0.25) is 5.91 Å². The number of rotatable bonds is 6. The Morgan fingerprint density at radius 2 is 2.12 bits per heavy atom. The van der Waals surface area contributed by atoms with Gasteiger partial charge in [-0.15, -0.1) is 11.3 Å². The average molecular weight is 353 g/mol. The summed E-state index contributed by atoms with van der Waals surface area (Å²) in [6.45, 7) is 5.38. The SMILES string of the molecule is COCC1(C(=O)Nc2nc(CN3CCCCC3)cs2)CCNCC1. The number of likely N-dealkylation sites (tertiary alicyclic amines) is 1. The largest absolute Gasteiger partial charge is 0.384 e. The van der Waals surface area contributed by atoms with Gasteiger partial charge in [-0.2, -0.15) is 0 Å². The molecular formula is C17H28N4O2S. The maximum absolute atomic E-state index is 12.8. The summed E-state index contributed by atoms with van der Waals surface area (Å²) in [5, 5.41) is 9.12. The molecule has 1 aromatic heterocycles. The minimum absolute atomic E-state index is 0.0460. The highest BCUT2D eigenvalue weighted by atomic mass is 32.1. The molecule has 3 heterocycles. The second-order valence-corrected chi connectivity index (χ2v) is 7.76. The van der Waals surface area contributed by atoms with Crippen LogP contribution in [0.1, 0.15) is 37.8 Å². The summed E-state index contributed by atoms with van der Waals surface area (Å²) in [5.74, 6) is 0.0460. The molecule has 0 aromatic carbocycles. The number of amides is 1. The molecule has 134 valence electrons. The molecule has 2 saturated heterocycles. The topological polar surface area (TPSA) is 66.5 Å². The molecule has 3 rings (SSSR count). The first kappa shape index (κ1) is 17.8. The Balaban J connectivity index is 1.59. The highest BCUT2D eigenvalue weighted by molar-refractivity contribution is 7.13. The Hall–Kier alpha value is -1.02. The molecule has 6 nitrogen and oxygen atoms in total. The van der Waals surface area contributed by atoms with E-state index < -0.39 is 5.41 Å². The van der Waals surface area contributed by atoms with Crippen molar-refractivity contribution in [1.29, 1.82) is 0 Å². The molecule has 0 saturated carbocycles. The van der Waals surface area contributed by atoms with Crippen molar-refractivity contribution in [3.63, 3.8) is 0 Å². The van der Waals surface area contributed by atoms with E-state index in [0.717, 1.165) is 51.3 Å². The number of piperidine rings is 2. The highest BCUT2D eigenvalue weighted by Crippen LogP contribution is 2.31. The zero-order chi connectivity index (χ0) is 16.8. The predicted molar refractivity (Wildman–Crippen MR) is 96.3 cm³/mol. The van der Waals surface area contributed by atoms with Crippen LogP contribution in [0.4, 0.5) is 5.13 Å². The van der Waals surface area contributed by atoms with Gasteiger partial charge in [0.15, 0.2) is 5.13 Å². The molecule has 24 heavy (non-hydrogen) atoms. The lowest BCUT2D eigenvalue weighted by Crippen LogP contribution is -2.47. The van der Waals surface area contributed by atoms with Gasteiger partial charge < -0.3 is 15.4 Å². The van der Waals surface area contributed by atoms with Crippen LogP contribution in [0, 0.1) is 5.41 Å². The van der Waals surface area contributed by atoms with Gasteiger partial charge in [0.05, 0.1) is 17.7 Å². The van der Waals surface area contributed by atoms with Gasteiger partial charge in [0.25, 0.3) is 0 Å². The molecule has 1 aromatic rings. The van der Waals surface area contributed by atoms with Crippen LogP contribution in [-0.4, -0.2) is 55.7 Å². The monoisotopic (exact) mass is 352 g/mol. The van der Waals surface area contributed by atoms with E-state index in [1.807, 2.05) is 0 Å². The molecule has 1 amide bonds.